The van der Waals surface area contributed by atoms with Gasteiger partial charge in [-0.05, 0) is 136 Å². The number of esters is 5. The van der Waals surface area contributed by atoms with Crippen LogP contribution in [0.4, 0.5) is 19.2 Å². The zero-order valence-electron chi connectivity index (χ0n) is 63.4. The Balaban J connectivity index is -0.000000204. The van der Waals surface area contributed by atoms with Gasteiger partial charge in [-0.3, -0.25) is 19.4 Å². The Bertz CT molecular complexity index is 2780. The molecule has 6 atom stereocenters. The average molecular weight is 1610 g/mol. The summed E-state index contributed by atoms with van der Waals surface area (Å²) in [5.41, 5.74) is 5.41. The number of rotatable bonds is 19. The molecule has 0 radical (unpaired) electrons. The van der Waals surface area contributed by atoms with E-state index >= 15 is 0 Å². The Morgan fingerprint density at radius 1 is 0.578 bits per heavy atom. The molecule has 0 aliphatic heterocycles. The van der Waals surface area contributed by atoms with Crippen molar-refractivity contribution < 1.29 is 141 Å². The Morgan fingerprint density at radius 3 is 1.20 bits per heavy atom. The number of halogens is 3. The van der Waals surface area contributed by atoms with Crippen LogP contribution in [0.5, 0.6) is 0 Å². The molecule has 6 unspecified atom stereocenters. The molecule has 3 fully saturated rings. The number of aliphatic hydroxyl groups is 1. The zero-order chi connectivity index (χ0) is 78.6. The predicted molar refractivity (Wildman–Crippen MR) is 395 cm³/mol. The van der Waals surface area contributed by atoms with Gasteiger partial charge in [0.25, 0.3) is 0 Å². The van der Waals surface area contributed by atoms with Crippen LogP contribution in [0.15, 0.2) is 116 Å². The molecule has 3 aliphatic rings. The van der Waals surface area contributed by atoms with E-state index in [2.05, 4.69) is 99.3 Å². The van der Waals surface area contributed by atoms with Crippen molar-refractivity contribution in [2.45, 2.75) is 169 Å². The van der Waals surface area contributed by atoms with E-state index in [4.69, 9.17) is 49.1 Å². The number of hydrogen-bond donors (Lipinski definition) is 5. The Morgan fingerprint density at radius 2 is 0.922 bits per heavy atom. The number of hydrogen-bond acceptors (Lipinski definition) is 24. The van der Waals surface area contributed by atoms with Crippen LogP contribution < -0.4 is 56.8 Å². The summed E-state index contributed by atoms with van der Waals surface area (Å²) in [6, 6.07) is 18.7. The van der Waals surface area contributed by atoms with Gasteiger partial charge in [0.05, 0.1) is 33.5 Å². The minimum Gasteiger partial charge on any atom is -0.857 e. The maximum atomic E-state index is 11.9. The van der Waals surface area contributed by atoms with E-state index in [1.807, 2.05) is 48.5 Å². The van der Waals surface area contributed by atoms with Crippen LogP contribution in [0.25, 0.3) is 0 Å². The normalized spacial score (nSPS) is 18.0. The van der Waals surface area contributed by atoms with Crippen molar-refractivity contribution in [3.05, 3.63) is 122 Å². The first-order valence-electron chi connectivity index (χ1n) is 31.7. The summed E-state index contributed by atoms with van der Waals surface area (Å²) in [4.78, 5) is 115. The Kier molecular flexibility index (Phi) is 62.7. The van der Waals surface area contributed by atoms with E-state index in [0.29, 0.717) is 39.1 Å². The van der Waals surface area contributed by atoms with Crippen molar-refractivity contribution in [2.24, 2.45) is 28.5 Å². The van der Waals surface area contributed by atoms with Crippen LogP contribution in [0, 0.1) is 17.8 Å². The molecule has 27 nitrogen and oxygen atoms in total. The quantitative estimate of drug-likeness (QED) is 0.0135. The number of carbonyl (C=O) groups excluding carboxylic acids is 10. The summed E-state index contributed by atoms with van der Waals surface area (Å²) in [7, 11) is 3.04. The second-order valence-corrected chi connectivity index (χ2v) is 25.7. The molecule has 2 aromatic rings. The Hall–Kier alpha value is -6.54. The molecule has 8 N–H and O–H groups in total. The minimum atomic E-state index is -1.06. The summed E-state index contributed by atoms with van der Waals surface area (Å²) in [6.45, 7) is 40.3. The molecule has 3 saturated carbocycles. The van der Waals surface area contributed by atoms with Crippen LogP contribution >= 0.6 is 44.3 Å². The van der Waals surface area contributed by atoms with Gasteiger partial charge in [-0.15, -0.1) is 32.1 Å². The van der Waals surface area contributed by atoms with Gasteiger partial charge in [0, 0.05) is 47.3 Å². The van der Waals surface area contributed by atoms with Gasteiger partial charge in [0.2, 0.25) is 0 Å². The minimum absolute atomic E-state index is 0. The molecular formula is C71H114Br2ClN5NaO22+. The fourth-order valence-corrected chi connectivity index (χ4v) is 7.52. The van der Waals surface area contributed by atoms with Crippen molar-refractivity contribution in [1.82, 2.24) is 10.6 Å². The Labute approximate surface area is 649 Å². The summed E-state index contributed by atoms with van der Waals surface area (Å²) < 4.78 is 47.7. The number of amides is 2. The third kappa shape index (κ3) is 54.2. The maximum absolute atomic E-state index is 11.9. The number of allylic oxidation sites excluding steroid dienone is 2. The number of alkyl carbamates (subject to hydrolysis) is 2. The number of nitrogens with two attached hydrogens (primary N) is 1. The molecule has 3 aliphatic carbocycles. The van der Waals surface area contributed by atoms with E-state index in [9.17, 15) is 47.9 Å². The number of alkyl halides is 2. The van der Waals surface area contributed by atoms with E-state index in [1.165, 1.54) is 7.11 Å². The number of methoxy groups -OCH3 is 1. The van der Waals surface area contributed by atoms with E-state index in [0.717, 1.165) is 42.3 Å². The number of ether oxygens (including phenoxy) is 10. The smallest absolute Gasteiger partial charge is 0.857 e. The molecule has 2 amide bonds. The van der Waals surface area contributed by atoms with Gasteiger partial charge in [0.15, 0.2) is 6.54 Å². The van der Waals surface area contributed by atoms with Gasteiger partial charge in [-0.2, -0.15) is 7.11 Å². The molecule has 0 aromatic heterocycles. The fraction of sp³-hybridized carbons (Fsp3) is 0.563. The second kappa shape index (κ2) is 58.8. The number of aldehydes is 1. The van der Waals surface area contributed by atoms with Crippen molar-refractivity contribution in [3.63, 3.8) is 0 Å². The first-order valence-corrected chi connectivity index (χ1v) is 33.9. The van der Waals surface area contributed by atoms with E-state index in [-0.39, 0.29) is 97.3 Å². The molecule has 576 valence electrons. The van der Waals surface area contributed by atoms with Gasteiger partial charge < -0.3 is 79.7 Å². The third-order valence-electron chi connectivity index (χ3n) is 11.5. The topological polar surface area (TPSA) is 396 Å². The van der Waals surface area contributed by atoms with E-state index < -0.39 is 75.5 Å². The fourth-order valence-electron chi connectivity index (χ4n) is 6.99. The van der Waals surface area contributed by atoms with Crippen LogP contribution in [-0.4, -0.2) is 182 Å². The van der Waals surface area contributed by atoms with Gasteiger partial charge >= 0.3 is 83.9 Å². The standard InChI is InChI=1S/C13H21NO4.C12H19NO4.C11H13NO2.C10H18O5.C8H13NO2.C7H6O.C4H6Br2.C4H9NO2.CH4O.CH3O.ClH.Na/c1-6-9-8-13(9,10(15)17-7-2)14-11(16)18-12(3,4)5;1-6-8-7-12(8,9(14)16-5)13-10(15)17-11(2,3)4;1-2-14-11(13)9-12-8-10-6-4-3-5-7-10;1-9(2,3)14-7(11)13-8(12)15-10(4,5)6;1-3-6-5-8(6,9)7(10)11-4-2;8-6-7-4-2-1-3-5-7;5-3-1-2-4-6;1-2-7-4(6)3-5;2*1-2;;/h6,9H,1,7-8H2,2-5H3,(H,14,16);6,8H,1,7H2,2-5H3,(H,13,15);3-8H,2,9H2,1H3;1-6H3;3,6H,1,4-5,9H2,2H3;1-6H;1-2H,3-4H2;2-3,5H2,1H3;2H,1H3;1H3;1H;/q;;;;;;;;;-1;;+1/p+1/b;;;;;;2-1+;;;;;. The van der Waals surface area contributed by atoms with Crippen LogP contribution in [0.1, 0.15) is 146 Å². The zero-order valence-corrected chi connectivity index (χ0v) is 69.4. The SMILES string of the molecule is BrC/C=C/CBr.C=CC1CC1(N)C(=O)OCC.C=CC1CC1(NC(=O)OC(C)(C)C)C(=O)OC.C=CC1CC1(NC(=O)OC(C)(C)C)C(=O)OCC.CC(C)(C)OC(=O)OC(=O)OC(C)(C)C.CCOC(=O)CN=Cc1ccccc1.CCOC(=O)C[NH3+].CO.C[O-].Cl.O=Cc1ccccc1.[Na+]. The van der Waals surface area contributed by atoms with Crippen molar-refractivity contribution >= 4 is 111 Å². The molecule has 5 rings (SSSR count). The van der Waals surface area contributed by atoms with Crippen LogP contribution in [0.2, 0.25) is 0 Å². The number of aliphatic imine (C=N–C) groups is 1. The number of carbonyl (C=O) groups is 10. The number of nitrogens with one attached hydrogen (secondary N) is 2. The third-order valence-corrected chi connectivity index (χ3v) is 12.3. The first-order chi connectivity index (χ1) is 46.6. The average Bonchev–Trinajstić information content (AvgIpc) is 1.60. The van der Waals surface area contributed by atoms with Crippen LogP contribution in [-0.2, 0) is 71.3 Å². The van der Waals surface area contributed by atoms with Gasteiger partial charge in [-0.25, -0.2) is 33.6 Å². The molecule has 0 bridgehead atoms. The second-order valence-electron chi connectivity index (χ2n) is 24.4. The summed E-state index contributed by atoms with van der Waals surface area (Å²) in [5.74, 6) is -1.80. The molecular weight excluding hydrogens is 1490 g/mol. The molecule has 2 aromatic carbocycles. The molecule has 31 heteroatoms. The molecule has 0 saturated heterocycles. The van der Waals surface area contributed by atoms with Gasteiger partial charge in [0.1, 0.15) is 51.9 Å². The first kappa shape index (κ1) is 109. The van der Waals surface area contributed by atoms with E-state index in [1.54, 1.807) is 147 Å². The summed E-state index contributed by atoms with van der Waals surface area (Å²) in [6.07, 6.45) is 9.92. The van der Waals surface area contributed by atoms with Crippen molar-refractivity contribution in [1.29, 1.82) is 0 Å². The molecule has 0 spiro atoms. The van der Waals surface area contributed by atoms with Crippen molar-refractivity contribution in [3.8, 4) is 0 Å². The predicted octanol–water partition coefficient (Wildman–Crippen LogP) is 7.28. The largest absolute Gasteiger partial charge is 1.00 e. The van der Waals surface area contributed by atoms with Gasteiger partial charge in [-0.1, -0.05) is 123 Å². The number of aliphatic hydroxyl groups excluding tert-OH is 1. The molecule has 102 heavy (non-hydrogen) atoms. The maximum Gasteiger partial charge on any atom is 1.00 e. The number of quaternary nitrogens is 1. The monoisotopic (exact) mass is 1600 g/mol. The summed E-state index contributed by atoms with van der Waals surface area (Å²) >= 11 is 6.49. The molecule has 0 heterocycles. The van der Waals surface area contributed by atoms with Crippen LogP contribution in [0.3, 0.4) is 0 Å². The van der Waals surface area contributed by atoms with Crippen molar-refractivity contribution in [2.75, 3.05) is 71.5 Å². The number of nitrogens with zero attached hydrogens (tertiary/aromatic N) is 1. The summed E-state index contributed by atoms with van der Waals surface area (Å²) in [5, 5.41) is 22.3. The number of benzene rings is 2.